The van der Waals surface area contributed by atoms with Gasteiger partial charge in [0.1, 0.15) is 5.69 Å². The zero-order valence-electron chi connectivity index (χ0n) is 14.7. The van der Waals surface area contributed by atoms with E-state index < -0.39 is 23.2 Å². The van der Waals surface area contributed by atoms with Gasteiger partial charge in [0.05, 0.1) is 12.1 Å². The zero-order valence-corrected chi connectivity index (χ0v) is 14.7. The van der Waals surface area contributed by atoms with E-state index in [9.17, 15) is 14.4 Å². The molecule has 8 nitrogen and oxygen atoms in total. The second kappa shape index (κ2) is 8.28. The maximum atomic E-state index is 12.1. The van der Waals surface area contributed by atoms with Crippen molar-refractivity contribution >= 4 is 17.8 Å². The molecular formula is C18H22N4O4. The van der Waals surface area contributed by atoms with E-state index in [1.54, 1.807) is 13.0 Å². The number of hydrogen-bond donors (Lipinski definition) is 4. The molecule has 1 heterocycles. The third-order valence-corrected chi connectivity index (χ3v) is 4.23. The van der Waals surface area contributed by atoms with Crippen LogP contribution >= 0.6 is 0 Å². The van der Waals surface area contributed by atoms with Gasteiger partial charge >= 0.3 is 5.97 Å². The van der Waals surface area contributed by atoms with Crippen LogP contribution in [0.25, 0.3) is 11.3 Å². The summed E-state index contributed by atoms with van der Waals surface area (Å²) in [6.45, 7) is 3.55. The van der Waals surface area contributed by atoms with Crippen molar-refractivity contribution in [3.8, 4) is 11.3 Å². The Bertz CT molecular complexity index is 787. The number of aromatic amines is 1. The topological polar surface area (TPSA) is 124 Å². The summed E-state index contributed by atoms with van der Waals surface area (Å²) in [5, 5.41) is 15.6. The van der Waals surface area contributed by atoms with Crippen LogP contribution in [-0.4, -0.2) is 33.1 Å². The summed E-state index contributed by atoms with van der Waals surface area (Å²) >= 11 is 0. The van der Waals surface area contributed by atoms with Gasteiger partial charge in [-0.25, -0.2) is 0 Å². The molecule has 2 amide bonds. The van der Waals surface area contributed by atoms with E-state index in [0.29, 0.717) is 12.1 Å². The number of carbonyl (C=O) groups excluding carboxylic acids is 2. The molecule has 0 radical (unpaired) electrons. The predicted octanol–water partition coefficient (Wildman–Crippen LogP) is 2.12. The maximum Gasteiger partial charge on any atom is 0.303 e. The number of H-pyrrole nitrogens is 1. The maximum absolute atomic E-state index is 12.1. The Morgan fingerprint density at radius 3 is 2.46 bits per heavy atom. The lowest BCUT2D eigenvalue weighted by Gasteiger charge is -2.25. The summed E-state index contributed by atoms with van der Waals surface area (Å²) in [6, 6.07) is 10.9. The van der Waals surface area contributed by atoms with Crippen molar-refractivity contribution in [3.63, 3.8) is 0 Å². The number of carbonyl (C=O) groups is 3. The number of hydrazine groups is 1. The van der Waals surface area contributed by atoms with Crippen molar-refractivity contribution in [2.24, 2.45) is 5.41 Å². The first-order chi connectivity index (χ1) is 12.3. The summed E-state index contributed by atoms with van der Waals surface area (Å²) in [4.78, 5) is 35.0. The van der Waals surface area contributed by atoms with Gasteiger partial charge in [0, 0.05) is 12.0 Å². The van der Waals surface area contributed by atoms with Gasteiger partial charge in [-0.1, -0.05) is 44.2 Å². The number of carboxylic acids is 1. The molecule has 2 aromatic rings. The fourth-order valence-corrected chi connectivity index (χ4v) is 2.50. The highest BCUT2D eigenvalue weighted by molar-refractivity contribution is 5.94. The van der Waals surface area contributed by atoms with Gasteiger partial charge in [-0.15, -0.1) is 0 Å². The minimum Gasteiger partial charge on any atom is -0.481 e. The summed E-state index contributed by atoms with van der Waals surface area (Å²) in [7, 11) is 0. The van der Waals surface area contributed by atoms with Crippen LogP contribution in [0.2, 0.25) is 0 Å². The van der Waals surface area contributed by atoms with Gasteiger partial charge in [-0.05, 0) is 17.9 Å². The molecule has 1 aromatic heterocycles. The lowest BCUT2D eigenvalue weighted by Crippen LogP contribution is -2.43. The van der Waals surface area contributed by atoms with Gasteiger partial charge in [0.15, 0.2) is 0 Å². The number of carboxylic acid groups (broad SMARTS) is 1. The molecule has 138 valence electrons. The number of nitrogens with zero attached hydrogens (tertiary/aromatic N) is 1. The van der Waals surface area contributed by atoms with Crippen molar-refractivity contribution in [2.45, 2.75) is 33.1 Å². The van der Waals surface area contributed by atoms with Crippen molar-refractivity contribution in [2.75, 3.05) is 0 Å². The Hall–Kier alpha value is -3.16. The van der Waals surface area contributed by atoms with E-state index in [1.165, 1.54) is 0 Å². The first-order valence-corrected chi connectivity index (χ1v) is 8.25. The highest BCUT2D eigenvalue weighted by Crippen LogP contribution is 2.29. The lowest BCUT2D eigenvalue weighted by molar-refractivity contribution is -0.140. The minimum atomic E-state index is -0.961. The first-order valence-electron chi connectivity index (χ1n) is 8.25. The van der Waals surface area contributed by atoms with Crippen molar-refractivity contribution < 1.29 is 19.5 Å². The van der Waals surface area contributed by atoms with Crippen molar-refractivity contribution in [1.29, 1.82) is 0 Å². The van der Waals surface area contributed by atoms with Crippen LogP contribution in [-0.2, 0) is 9.59 Å². The average Bonchev–Trinajstić information content (AvgIpc) is 3.10. The Kier molecular flexibility index (Phi) is 6.11. The summed E-state index contributed by atoms with van der Waals surface area (Å²) in [6.07, 6.45) is 0.405. The summed E-state index contributed by atoms with van der Waals surface area (Å²) in [5.41, 5.74) is 5.62. The van der Waals surface area contributed by atoms with Crippen LogP contribution in [0.5, 0.6) is 0 Å². The Morgan fingerprint density at radius 2 is 1.85 bits per heavy atom. The second-order valence-electron chi connectivity index (χ2n) is 6.45. The van der Waals surface area contributed by atoms with Crippen LogP contribution in [0.4, 0.5) is 0 Å². The first kappa shape index (κ1) is 19.2. The summed E-state index contributed by atoms with van der Waals surface area (Å²) in [5.74, 6) is -1.95. The number of aromatic nitrogens is 2. The minimum absolute atomic E-state index is 0.00563. The molecule has 0 spiro atoms. The number of benzene rings is 1. The Labute approximate surface area is 151 Å². The summed E-state index contributed by atoms with van der Waals surface area (Å²) < 4.78 is 0. The van der Waals surface area contributed by atoms with Crippen LogP contribution in [0.3, 0.4) is 0 Å². The highest BCUT2D eigenvalue weighted by Gasteiger charge is 2.28. The normalized spacial score (nSPS) is 12.8. The average molecular weight is 358 g/mol. The number of nitrogens with one attached hydrogen (secondary N) is 3. The zero-order chi connectivity index (χ0) is 19.2. The monoisotopic (exact) mass is 358 g/mol. The van der Waals surface area contributed by atoms with Crippen LogP contribution < -0.4 is 10.9 Å². The molecule has 0 aliphatic rings. The molecule has 1 atom stereocenters. The van der Waals surface area contributed by atoms with Crippen molar-refractivity contribution in [1.82, 2.24) is 21.0 Å². The molecule has 2 rings (SSSR count). The van der Waals surface area contributed by atoms with E-state index >= 15 is 0 Å². The molecule has 0 aliphatic carbocycles. The third-order valence-electron chi connectivity index (χ3n) is 4.23. The molecule has 0 fully saturated rings. The van der Waals surface area contributed by atoms with Crippen LogP contribution in [0.1, 0.15) is 43.6 Å². The number of hydrogen-bond acceptors (Lipinski definition) is 4. The largest absolute Gasteiger partial charge is 0.481 e. The predicted molar refractivity (Wildman–Crippen MR) is 94.9 cm³/mol. The molecule has 0 saturated carbocycles. The fourth-order valence-electron chi connectivity index (χ4n) is 2.50. The van der Waals surface area contributed by atoms with E-state index in [-0.39, 0.29) is 18.5 Å². The lowest BCUT2D eigenvalue weighted by atomic mass is 9.80. The van der Waals surface area contributed by atoms with Gasteiger partial charge in [0.25, 0.3) is 5.91 Å². The number of rotatable bonds is 7. The molecule has 0 bridgehead atoms. The van der Waals surface area contributed by atoms with E-state index in [1.807, 2.05) is 37.3 Å². The standard InChI is InChI=1S/C18H22N4O4/c1-3-18(2,11-16(24)25)10-15(23)21-22-17(26)14-9-13(19-20-14)12-7-5-4-6-8-12/h4-9H,3,10-11H2,1-2H3,(H,19,20)(H,21,23)(H,22,26)(H,24,25)/t18-/m0/s1. The SMILES string of the molecule is CC[C@](C)(CC(=O)O)CC(=O)NNC(=O)c1cc(-c2ccccc2)n[nH]1. The van der Waals surface area contributed by atoms with E-state index in [0.717, 1.165) is 5.56 Å². The van der Waals surface area contributed by atoms with Gasteiger partial charge in [-0.3, -0.25) is 30.3 Å². The molecule has 0 aliphatic heterocycles. The molecule has 1 aromatic carbocycles. The van der Waals surface area contributed by atoms with E-state index in [4.69, 9.17) is 5.11 Å². The number of amides is 2. The quantitative estimate of drug-likeness (QED) is 0.564. The Balaban J connectivity index is 1.91. The second-order valence-corrected chi connectivity index (χ2v) is 6.45. The molecule has 4 N–H and O–H groups in total. The molecule has 0 unspecified atom stereocenters. The molecule has 26 heavy (non-hydrogen) atoms. The van der Waals surface area contributed by atoms with Gasteiger partial charge in [0.2, 0.25) is 5.91 Å². The van der Waals surface area contributed by atoms with Gasteiger partial charge in [-0.2, -0.15) is 5.10 Å². The van der Waals surface area contributed by atoms with E-state index in [2.05, 4.69) is 21.0 Å². The third kappa shape index (κ3) is 5.17. The highest BCUT2D eigenvalue weighted by atomic mass is 16.4. The molecular weight excluding hydrogens is 336 g/mol. The Morgan fingerprint density at radius 1 is 1.15 bits per heavy atom. The number of aliphatic carboxylic acids is 1. The van der Waals surface area contributed by atoms with Crippen molar-refractivity contribution in [3.05, 3.63) is 42.1 Å². The van der Waals surface area contributed by atoms with Crippen LogP contribution in [0, 0.1) is 5.41 Å². The smallest absolute Gasteiger partial charge is 0.303 e. The van der Waals surface area contributed by atoms with Crippen LogP contribution in [0.15, 0.2) is 36.4 Å². The van der Waals surface area contributed by atoms with Gasteiger partial charge < -0.3 is 5.11 Å². The fraction of sp³-hybridized carbons (Fsp3) is 0.333. The molecule has 0 saturated heterocycles. The molecule has 8 heteroatoms.